The number of urea groups is 1. The Hall–Kier alpha value is -3.14. The van der Waals surface area contributed by atoms with Crippen molar-refractivity contribution in [1.82, 2.24) is 29.9 Å². The highest BCUT2D eigenvalue weighted by Crippen LogP contribution is 2.31. The van der Waals surface area contributed by atoms with E-state index in [2.05, 4.69) is 25.6 Å². The molecule has 0 radical (unpaired) electrons. The summed E-state index contributed by atoms with van der Waals surface area (Å²) in [6.45, 7) is 2.45. The number of fused-ring (bicyclic) bond motifs is 2. The van der Waals surface area contributed by atoms with E-state index in [9.17, 15) is 9.59 Å². The fourth-order valence-electron chi connectivity index (χ4n) is 4.79. The Morgan fingerprint density at radius 2 is 2.09 bits per heavy atom. The molecule has 32 heavy (non-hydrogen) atoms. The van der Waals surface area contributed by atoms with E-state index in [0.29, 0.717) is 43.5 Å². The maximum atomic E-state index is 12.8. The average molecular weight is 440 g/mol. The molecule has 1 aromatic carbocycles. The first-order chi connectivity index (χ1) is 15.6. The highest BCUT2D eigenvalue weighted by molar-refractivity contribution is 5.94. The number of nitrogens with one attached hydrogen (secondary N) is 2. The van der Waals surface area contributed by atoms with Gasteiger partial charge in [0, 0.05) is 38.3 Å². The Morgan fingerprint density at radius 3 is 2.88 bits per heavy atom. The molecule has 1 aromatic heterocycles. The van der Waals surface area contributed by atoms with Gasteiger partial charge in [0.2, 0.25) is 5.91 Å². The van der Waals surface area contributed by atoms with Crippen molar-refractivity contribution >= 4 is 17.6 Å². The van der Waals surface area contributed by atoms with E-state index < -0.39 is 0 Å². The molecule has 10 nitrogen and oxygen atoms in total. The van der Waals surface area contributed by atoms with E-state index in [1.165, 1.54) is 19.2 Å². The lowest BCUT2D eigenvalue weighted by Crippen LogP contribution is -2.60. The van der Waals surface area contributed by atoms with Crippen LogP contribution in [0.25, 0.3) is 11.4 Å². The van der Waals surface area contributed by atoms with Crippen molar-refractivity contribution in [2.24, 2.45) is 7.05 Å². The molecule has 170 valence electrons. The summed E-state index contributed by atoms with van der Waals surface area (Å²) in [5.41, 5.74) is 1.46. The first kappa shape index (κ1) is 20.7. The van der Waals surface area contributed by atoms with Crippen LogP contribution < -0.4 is 15.4 Å². The fourth-order valence-corrected chi connectivity index (χ4v) is 4.79. The maximum absolute atomic E-state index is 12.8. The van der Waals surface area contributed by atoms with Crippen molar-refractivity contribution in [3.05, 3.63) is 24.5 Å². The molecule has 5 rings (SSSR count). The highest BCUT2D eigenvalue weighted by Gasteiger charge is 2.33. The summed E-state index contributed by atoms with van der Waals surface area (Å²) in [5, 5.41) is 10.3. The van der Waals surface area contributed by atoms with Crippen molar-refractivity contribution in [3.8, 4) is 17.1 Å². The summed E-state index contributed by atoms with van der Waals surface area (Å²) in [6, 6.07) is 5.86. The summed E-state index contributed by atoms with van der Waals surface area (Å²) < 4.78 is 7.82. The monoisotopic (exact) mass is 439 g/mol. The standard InChI is InChI=1S/C22H29N7O3/c1-27-21(23-14-24-27)15-6-7-19-18(10-15)26-20(30)12-28-8-9-29(11-17(28)13-32-19)22(31)25-16-4-2-3-5-16/h6-7,10,14,16-17H,2-5,8-9,11-13H2,1H3,(H,25,31)(H,26,30)/t17-/m1/s1. The molecule has 3 amide bonds. The normalized spacial score (nSPS) is 22.1. The molecule has 0 spiro atoms. The van der Waals surface area contributed by atoms with Crippen molar-refractivity contribution in [2.75, 3.05) is 38.1 Å². The number of aryl methyl sites for hydroxylation is 1. The largest absolute Gasteiger partial charge is 0.490 e. The quantitative estimate of drug-likeness (QED) is 0.734. The number of ether oxygens (including phenoxy) is 1. The van der Waals surface area contributed by atoms with E-state index >= 15 is 0 Å². The summed E-state index contributed by atoms with van der Waals surface area (Å²) in [6.07, 6.45) is 5.99. The van der Waals surface area contributed by atoms with E-state index in [4.69, 9.17) is 4.74 Å². The molecular formula is C22H29N7O3. The molecule has 1 saturated carbocycles. The number of nitrogens with zero attached hydrogens (tertiary/aromatic N) is 5. The van der Waals surface area contributed by atoms with Crippen molar-refractivity contribution in [3.63, 3.8) is 0 Å². The molecule has 10 heteroatoms. The van der Waals surface area contributed by atoms with Crippen LogP contribution in [0.4, 0.5) is 10.5 Å². The molecule has 3 aliphatic rings. The third-order valence-corrected chi connectivity index (χ3v) is 6.58. The summed E-state index contributed by atoms with van der Waals surface area (Å²) >= 11 is 0. The van der Waals surface area contributed by atoms with Crippen molar-refractivity contribution in [1.29, 1.82) is 0 Å². The number of rotatable bonds is 2. The zero-order valence-electron chi connectivity index (χ0n) is 18.3. The Labute approximate surface area is 186 Å². The van der Waals surface area contributed by atoms with Gasteiger partial charge in [-0.15, -0.1) is 0 Å². The number of carbonyl (C=O) groups is 2. The molecular weight excluding hydrogens is 410 g/mol. The third-order valence-electron chi connectivity index (χ3n) is 6.58. The van der Waals surface area contributed by atoms with E-state index in [1.54, 1.807) is 4.68 Å². The SMILES string of the molecule is Cn1ncnc1-c1ccc2c(c1)NC(=O)CN1CCN(C(=O)NC3CCCC3)C[C@@H]1CO2. The maximum Gasteiger partial charge on any atom is 0.317 e. The van der Waals surface area contributed by atoms with Crippen LogP contribution in [0.3, 0.4) is 0 Å². The van der Waals surface area contributed by atoms with Crippen LogP contribution >= 0.6 is 0 Å². The fraction of sp³-hybridized carbons (Fsp3) is 0.545. The minimum Gasteiger partial charge on any atom is -0.490 e. The van der Waals surface area contributed by atoms with Gasteiger partial charge in [0.1, 0.15) is 18.7 Å². The van der Waals surface area contributed by atoms with Crippen LogP contribution in [0.15, 0.2) is 24.5 Å². The van der Waals surface area contributed by atoms with Crippen LogP contribution in [0.5, 0.6) is 5.75 Å². The minimum atomic E-state index is -0.0966. The highest BCUT2D eigenvalue weighted by atomic mass is 16.5. The second-order valence-corrected chi connectivity index (χ2v) is 8.78. The number of amides is 3. The van der Waals surface area contributed by atoms with E-state index in [-0.39, 0.29) is 30.6 Å². The molecule has 1 saturated heterocycles. The molecule has 1 aliphatic carbocycles. The summed E-state index contributed by atoms with van der Waals surface area (Å²) in [5.74, 6) is 1.22. The number of hydrogen-bond donors (Lipinski definition) is 2. The first-order valence-electron chi connectivity index (χ1n) is 11.3. The number of carbonyl (C=O) groups excluding carboxylic acids is 2. The van der Waals surface area contributed by atoms with Gasteiger partial charge in [-0.1, -0.05) is 12.8 Å². The Balaban J connectivity index is 1.31. The number of hydrogen-bond acceptors (Lipinski definition) is 6. The molecule has 2 aliphatic heterocycles. The number of aromatic nitrogens is 3. The van der Waals surface area contributed by atoms with Gasteiger partial charge in [-0.25, -0.2) is 14.5 Å². The Kier molecular flexibility index (Phi) is 5.69. The van der Waals surface area contributed by atoms with E-state index in [1.807, 2.05) is 30.1 Å². The van der Waals surface area contributed by atoms with Crippen LogP contribution in [0, 0.1) is 0 Å². The molecule has 0 bridgehead atoms. The number of anilines is 1. The van der Waals surface area contributed by atoms with Gasteiger partial charge in [0.25, 0.3) is 0 Å². The van der Waals surface area contributed by atoms with Gasteiger partial charge in [-0.3, -0.25) is 9.69 Å². The molecule has 2 aromatic rings. The van der Waals surface area contributed by atoms with Gasteiger partial charge in [0.15, 0.2) is 5.82 Å². The van der Waals surface area contributed by atoms with Gasteiger partial charge in [-0.2, -0.15) is 5.10 Å². The topological polar surface area (TPSA) is 105 Å². The molecule has 3 heterocycles. The van der Waals surface area contributed by atoms with Gasteiger partial charge in [0.05, 0.1) is 18.3 Å². The van der Waals surface area contributed by atoms with Gasteiger partial charge >= 0.3 is 6.03 Å². The third kappa shape index (κ3) is 4.27. The van der Waals surface area contributed by atoms with Crippen LogP contribution in [-0.2, 0) is 11.8 Å². The number of piperazine rings is 1. The number of benzene rings is 1. The van der Waals surface area contributed by atoms with Crippen LogP contribution in [0.1, 0.15) is 25.7 Å². The molecule has 2 N–H and O–H groups in total. The lowest BCUT2D eigenvalue weighted by atomic mass is 10.1. The summed E-state index contributed by atoms with van der Waals surface area (Å²) in [7, 11) is 1.83. The Morgan fingerprint density at radius 1 is 1.25 bits per heavy atom. The zero-order valence-corrected chi connectivity index (χ0v) is 18.3. The van der Waals surface area contributed by atoms with Crippen LogP contribution in [0.2, 0.25) is 0 Å². The van der Waals surface area contributed by atoms with Gasteiger partial charge < -0.3 is 20.3 Å². The second-order valence-electron chi connectivity index (χ2n) is 8.78. The van der Waals surface area contributed by atoms with Crippen molar-refractivity contribution in [2.45, 2.75) is 37.8 Å². The lowest BCUT2D eigenvalue weighted by molar-refractivity contribution is -0.118. The minimum absolute atomic E-state index is 0.00501. The smallest absolute Gasteiger partial charge is 0.317 e. The predicted octanol–water partition coefficient (Wildman–Crippen LogP) is 1.45. The second kappa shape index (κ2) is 8.78. The average Bonchev–Trinajstić information content (AvgIpc) is 3.45. The van der Waals surface area contributed by atoms with Crippen LogP contribution in [-0.4, -0.2) is 81.4 Å². The Bertz CT molecular complexity index is 1000. The van der Waals surface area contributed by atoms with Gasteiger partial charge in [-0.05, 0) is 31.0 Å². The zero-order chi connectivity index (χ0) is 22.1. The first-order valence-corrected chi connectivity index (χ1v) is 11.3. The summed E-state index contributed by atoms with van der Waals surface area (Å²) in [4.78, 5) is 33.8. The van der Waals surface area contributed by atoms with Crippen molar-refractivity contribution < 1.29 is 14.3 Å². The molecule has 2 fully saturated rings. The predicted molar refractivity (Wildman–Crippen MR) is 118 cm³/mol. The molecule has 0 unspecified atom stereocenters. The lowest BCUT2D eigenvalue weighted by Gasteiger charge is -2.40. The molecule has 1 atom stereocenters. The van der Waals surface area contributed by atoms with E-state index in [0.717, 1.165) is 18.4 Å².